The predicted octanol–water partition coefficient (Wildman–Crippen LogP) is 21.5. The van der Waals surface area contributed by atoms with Crippen LogP contribution in [0, 0.1) is 0 Å². The first-order chi connectivity index (χ1) is 58.8. The van der Waals surface area contributed by atoms with Gasteiger partial charge in [0.05, 0.1) is 60.6 Å². The van der Waals surface area contributed by atoms with E-state index in [-0.39, 0.29) is 83.1 Å². The molecule has 0 aromatic heterocycles. The second-order valence-electron chi connectivity index (χ2n) is 29.1. The number of aromatic hydroxyl groups is 6. The van der Waals surface area contributed by atoms with Crippen LogP contribution in [-0.2, 0) is 29.1 Å². The third kappa shape index (κ3) is 20.9. The number of rotatable bonds is 24. The van der Waals surface area contributed by atoms with E-state index >= 15 is 0 Å². The summed E-state index contributed by atoms with van der Waals surface area (Å²) in [5, 5.41) is 68.9. The smallest absolute Gasteiger partial charge is 0.340 e. The number of carbonyl (C=O) groups excluding carboxylic acids is 4. The highest BCUT2D eigenvalue weighted by molar-refractivity contribution is 7.87. The molecule has 0 amide bonds. The van der Waals surface area contributed by atoms with Crippen LogP contribution in [0.2, 0.25) is 0 Å². The van der Waals surface area contributed by atoms with E-state index in [1.54, 1.807) is 112 Å². The SMILES string of the molecule is CC(C)c1cccc(C(C)C)c1N=Cc1ccc2ccc(C=Nc3c(C(C)C)cccc3C(C)C)c(O)c2c1O.COCOc1c(C=O)ccc2ccc(C=O)c(OCOC)c12.COCOc1cccc2cccc(OCOC)c12.O=Cc1ccc2ccc(C=O)c(O)c2c1O.O=S1(=O)Oc2cccc3cccc1c23.Oc1cccc2cccc(O)c12. The Morgan fingerprint density at radius 1 is 0.320 bits per heavy atom. The topological polar surface area (TPSA) is 332 Å². The van der Waals surface area contributed by atoms with Crippen LogP contribution in [0.5, 0.6) is 63.2 Å². The van der Waals surface area contributed by atoms with Crippen molar-refractivity contribution in [3.63, 3.8) is 0 Å². The Balaban J connectivity index is 0.000000162. The van der Waals surface area contributed by atoms with Gasteiger partial charge in [-0.15, -0.1) is 0 Å². The van der Waals surface area contributed by atoms with Crippen molar-refractivity contribution < 1.29 is 100 Å². The molecule has 0 spiro atoms. The molecule has 1 aliphatic heterocycles. The lowest BCUT2D eigenvalue weighted by atomic mass is 9.93. The summed E-state index contributed by atoms with van der Waals surface area (Å²) >= 11 is 0. The van der Waals surface area contributed by atoms with Gasteiger partial charge in [-0.3, -0.25) is 29.2 Å². The van der Waals surface area contributed by atoms with Gasteiger partial charge in [-0.1, -0.05) is 201 Å². The van der Waals surface area contributed by atoms with Crippen LogP contribution in [-0.4, -0.2) is 132 Å². The van der Waals surface area contributed by atoms with Gasteiger partial charge in [0.15, 0.2) is 58.1 Å². The molecule has 6 N–H and O–H groups in total. The molecular weight excluding hydrogens is 1570 g/mol. The predicted molar refractivity (Wildman–Crippen MR) is 477 cm³/mol. The van der Waals surface area contributed by atoms with E-state index < -0.39 is 10.1 Å². The number of para-hydroxylation sites is 2. The lowest BCUT2D eigenvalue weighted by molar-refractivity contribution is 0.0478. The fourth-order valence-electron chi connectivity index (χ4n) is 13.7. The highest BCUT2D eigenvalue weighted by Crippen LogP contribution is 2.45. The summed E-state index contributed by atoms with van der Waals surface area (Å²) in [4.78, 5) is 53.8. The van der Waals surface area contributed by atoms with E-state index in [9.17, 15) is 58.2 Å². The normalized spacial score (nSPS) is 11.8. The average molecular weight is 1670 g/mol. The third-order valence-corrected chi connectivity index (χ3v) is 21.0. The summed E-state index contributed by atoms with van der Waals surface area (Å²) in [5.74, 6) is 3.42. The van der Waals surface area contributed by atoms with Crippen molar-refractivity contribution in [1.82, 2.24) is 0 Å². The Labute approximate surface area is 706 Å². The van der Waals surface area contributed by atoms with Crippen molar-refractivity contribution >= 4 is 124 Å². The Hall–Kier alpha value is -13.8. The molecule has 0 bridgehead atoms. The van der Waals surface area contributed by atoms with Gasteiger partial charge in [-0.2, -0.15) is 8.42 Å². The minimum atomic E-state index is -3.56. The van der Waals surface area contributed by atoms with Gasteiger partial charge in [-0.25, -0.2) is 0 Å². The highest BCUT2D eigenvalue weighted by Gasteiger charge is 2.29. The van der Waals surface area contributed by atoms with Crippen LogP contribution in [0.25, 0.3) is 64.6 Å². The molecule has 24 heteroatoms. The number of hydrogen-bond donors (Lipinski definition) is 6. The maximum atomic E-state index is 11.5. The van der Waals surface area contributed by atoms with Crippen molar-refractivity contribution in [2.75, 3.05) is 55.6 Å². The molecule has 1 heterocycles. The number of aldehydes is 4. The van der Waals surface area contributed by atoms with Crippen LogP contribution in [0.1, 0.15) is 154 Å². The highest BCUT2D eigenvalue weighted by atomic mass is 32.2. The number of carbonyl (C=O) groups is 4. The number of ether oxygens (including phenoxy) is 8. The second-order valence-corrected chi connectivity index (χ2v) is 30.6. The number of phenols is 6. The summed E-state index contributed by atoms with van der Waals surface area (Å²) in [6, 6.07) is 65.4. The van der Waals surface area contributed by atoms with Crippen molar-refractivity contribution in [2.24, 2.45) is 9.98 Å². The first-order valence-corrected chi connectivity index (χ1v) is 40.2. The van der Waals surface area contributed by atoms with Gasteiger partial charge in [0, 0.05) is 57.4 Å². The van der Waals surface area contributed by atoms with Gasteiger partial charge in [0.2, 0.25) is 0 Å². The quantitative estimate of drug-likeness (QED) is 0.0142. The lowest BCUT2D eigenvalue weighted by Gasteiger charge is -2.16. The summed E-state index contributed by atoms with van der Waals surface area (Å²) in [6.45, 7) is 17.7. The number of methoxy groups -OCH3 is 4. The summed E-state index contributed by atoms with van der Waals surface area (Å²) in [6.07, 6.45) is 5.74. The molecule has 0 fully saturated rings. The fraction of sp³-hybridized carbons (Fsp3) is 0.204. The molecule has 630 valence electrons. The number of nitrogens with zero attached hydrogens (tertiary/aromatic N) is 2. The van der Waals surface area contributed by atoms with Crippen LogP contribution in [0.4, 0.5) is 11.4 Å². The Morgan fingerprint density at radius 2 is 0.615 bits per heavy atom. The van der Waals surface area contributed by atoms with Crippen LogP contribution in [0.15, 0.2) is 233 Å². The minimum absolute atomic E-state index is 0.00701. The molecule has 0 unspecified atom stereocenters. The van der Waals surface area contributed by atoms with Gasteiger partial charge in [0.25, 0.3) is 0 Å². The first-order valence-electron chi connectivity index (χ1n) is 38.8. The molecule has 23 nitrogen and oxygen atoms in total. The van der Waals surface area contributed by atoms with E-state index in [1.165, 1.54) is 48.6 Å². The zero-order chi connectivity index (χ0) is 87.9. The van der Waals surface area contributed by atoms with Crippen molar-refractivity contribution in [1.29, 1.82) is 0 Å². The third-order valence-electron chi connectivity index (χ3n) is 19.7. The summed E-state index contributed by atoms with van der Waals surface area (Å²) in [5.41, 5.74) is 8.52. The standard InChI is InChI=1S/C36H42N2O2.C16H16O6.C14H16O4.C12H8O4.C10H6O3S.C10H8O2/c1-21(2)28-11-9-12-29(22(3)4)33(28)37-19-26-17-15-25-16-18-27(36(40)32(25)35(26)39)20-38-34-30(23(5)6)13-10-14-31(34)24(7)8;1-19-9-21-15-12(7-17)5-3-11-4-6-13(8-18)16(14(11)15)22-10-20-2;1-15-9-17-12-7-3-5-11-6-4-8-13(14(11)12)18-10-16-2;13-5-8-3-1-7-2-4-9(6-14)12(16)10(7)11(8)15;11-14(12)9-6-2-4-7-3-1-5-8(13-14)10(7)9;11-8-5-1-3-7-4-2-6-9(12)10(7)8/h9-24,39-40H,1-8H3;3-8H,9-10H2,1-2H3;3-8H,9-10H2,1-2H3;1-6,15-16H;1-6H;1-6,11-12H. The van der Waals surface area contributed by atoms with Gasteiger partial charge in [-0.05, 0) is 151 Å². The molecule has 0 aliphatic carbocycles. The molecular formula is C98H96N2O21S. The van der Waals surface area contributed by atoms with Crippen LogP contribution < -0.4 is 23.1 Å². The van der Waals surface area contributed by atoms with E-state index in [4.69, 9.17) is 52.1 Å². The van der Waals surface area contributed by atoms with Crippen molar-refractivity contribution in [3.05, 3.63) is 274 Å². The zero-order valence-corrected chi connectivity index (χ0v) is 70.3. The van der Waals surface area contributed by atoms with E-state index in [0.29, 0.717) is 115 Å². The van der Waals surface area contributed by atoms with E-state index in [1.807, 2.05) is 84.9 Å². The monoisotopic (exact) mass is 1670 g/mol. The maximum absolute atomic E-state index is 11.5. The Kier molecular flexibility index (Phi) is 31.4. The van der Waals surface area contributed by atoms with Gasteiger partial charge >= 0.3 is 10.1 Å². The molecule has 14 aromatic carbocycles. The number of phenolic OH excluding ortho intramolecular Hbond substituents is 6. The molecule has 0 saturated heterocycles. The van der Waals surface area contributed by atoms with Crippen molar-refractivity contribution in [3.8, 4) is 63.2 Å². The lowest BCUT2D eigenvalue weighted by Crippen LogP contribution is -2.06. The van der Waals surface area contributed by atoms with Crippen LogP contribution >= 0.6 is 0 Å². The molecule has 122 heavy (non-hydrogen) atoms. The largest absolute Gasteiger partial charge is 0.507 e. The van der Waals surface area contributed by atoms with Crippen molar-refractivity contribution in [2.45, 2.75) is 84.0 Å². The molecule has 0 atom stereocenters. The maximum Gasteiger partial charge on any atom is 0.340 e. The molecule has 14 aromatic rings. The number of hydrogen-bond acceptors (Lipinski definition) is 23. The number of fused-ring (bicyclic) bond motifs is 5. The summed E-state index contributed by atoms with van der Waals surface area (Å²) in [7, 11) is 2.58. The van der Waals surface area contributed by atoms with Gasteiger partial charge in [0.1, 0.15) is 62.4 Å². The first kappa shape index (κ1) is 90.6. The Bertz CT molecular complexity index is 5940. The molecule has 0 saturated carbocycles. The van der Waals surface area contributed by atoms with E-state index in [0.717, 1.165) is 55.2 Å². The average Bonchev–Trinajstić information content (AvgIpc) is 1.54. The molecule has 15 rings (SSSR count). The van der Waals surface area contributed by atoms with Crippen LogP contribution in [0.3, 0.4) is 0 Å². The molecule has 1 aliphatic rings. The second kappa shape index (κ2) is 42.3. The Morgan fingerprint density at radius 3 is 0.975 bits per heavy atom. The van der Waals surface area contributed by atoms with E-state index in [2.05, 4.69) is 91.8 Å². The zero-order valence-electron chi connectivity index (χ0n) is 69.5. The minimum Gasteiger partial charge on any atom is -0.507 e. The number of benzene rings is 14. The van der Waals surface area contributed by atoms with Gasteiger partial charge < -0.3 is 72.7 Å². The fourth-order valence-corrected chi connectivity index (χ4v) is 14.9. The number of aliphatic imine (C=N–C) groups is 2. The summed E-state index contributed by atoms with van der Waals surface area (Å²) < 4.78 is 69.7. The molecule has 0 radical (unpaired) electrons.